The number of amides is 1. The molecule has 0 saturated carbocycles. The number of ether oxygens (including phenoxy) is 2. The quantitative estimate of drug-likeness (QED) is 0.515. The lowest BCUT2D eigenvalue weighted by molar-refractivity contribution is -0.117. The molecule has 2 aromatic carbocycles. The van der Waals surface area contributed by atoms with E-state index >= 15 is 0 Å². The highest BCUT2D eigenvalue weighted by Gasteiger charge is 2.08. The van der Waals surface area contributed by atoms with Gasteiger partial charge in [0.1, 0.15) is 18.1 Å². The number of nitrogens with one attached hydrogen (secondary N) is 1. The summed E-state index contributed by atoms with van der Waals surface area (Å²) < 4.78 is 11.2. The van der Waals surface area contributed by atoms with E-state index < -0.39 is 0 Å². The molecule has 3 rings (SSSR count). The lowest BCUT2D eigenvalue weighted by Crippen LogP contribution is -2.24. The molecule has 0 spiro atoms. The van der Waals surface area contributed by atoms with Crippen LogP contribution in [0.2, 0.25) is 0 Å². The number of benzene rings is 2. The molecule has 0 fully saturated rings. The molecule has 3 aromatic rings. The second-order valence-corrected chi connectivity index (χ2v) is 6.78. The van der Waals surface area contributed by atoms with Crippen molar-refractivity contribution in [2.45, 2.75) is 26.5 Å². The fraction of sp³-hybridized carbons (Fsp3) is 0.200. The van der Waals surface area contributed by atoms with Crippen LogP contribution >= 0.6 is 0 Å². The van der Waals surface area contributed by atoms with E-state index in [9.17, 15) is 4.79 Å². The standard InChI is InChI=1S/C25H26N2O3/c1-3-29-23-11-6-20(7-12-23)8-15-25(28)27-19(2)22-9-13-24(14-10-22)30-18-21-5-4-16-26-17-21/h4-17,19H,3,18H2,1-2H3,(H,27,28)/b15-8+. The summed E-state index contributed by atoms with van der Waals surface area (Å²) >= 11 is 0. The monoisotopic (exact) mass is 402 g/mol. The number of carbonyl (C=O) groups is 1. The first-order valence-electron chi connectivity index (χ1n) is 9.97. The van der Waals surface area contributed by atoms with E-state index in [0.29, 0.717) is 13.2 Å². The number of aromatic nitrogens is 1. The predicted molar refractivity (Wildman–Crippen MR) is 118 cm³/mol. The molecule has 0 aliphatic carbocycles. The Morgan fingerprint density at radius 1 is 1.03 bits per heavy atom. The fourth-order valence-corrected chi connectivity index (χ4v) is 2.86. The molecule has 0 aliphatic rings. The molecule has 1 heterocycles. The summed E-state index contributed by atoms with van der Waals surface area (Å²) in [6.07, 6.45) is 6.85. The largest absolute Gasteiger partial charge is 0.494 e. The average Bonchev–Trinajstić information content (AvgIpc) is 2.78. The van der Waals surface area contributed by atoms with Crippen LogP contribution in [-0.2, 0) is 11.4 Å². The summed E-state index contributed by atoms with van der Waals surface area (Å²) in [6, 6.07) is 19.1. The Hall–Kier alpha value is -3.60. The van der Waals surface area contributed by atoms with Crippen molar-refractivity contribution in [2.24, 2.45) is 0 Å². The molecule has 0 saturated heterocycles. The molecule has 1 aromatic heterocycles. The maximum Gasteiger partial charge on any atom is 0.244 e. The van der Waals surface area contributed by atoms with E-state index in [4.69, 9.17) is 9.47 Å². The first kappa shape index (κ1) is 21.1. The molecule has 1 N–H and O–H groups in total. The Balaban J connectivity index is 1.49. The molecule has 5 heteroatoms. The molecule has 0 radical (unpaired) electrons. The van der Waals surface area contributed by atoms with Gasteiger partial charge in [-0.15, -0.1) is 0 Å². The van der Waals surface area contributed by atoms with Gasteiger partial charge in [-0.25, -0.2) is 0 Å². The van der Waals surface area contributed by atoms with Gasteiger partial charge >= 0.3 is 0 Å². The minimum absolute atomic E-state index is 0.116. The van der Waals surface area contributed by atoms with Crippen LogP contribution in [0.1, 0.15) is 36.6 Å². The van der Waals surface area contributed by atoms with Crippen molar-refractivity contribution in [3.8, 4) is 11.5 Å². The van der Waals surface area contributed by atoms with Crippen molar-refractivity contribution in [1.29, 1.82) is 0 Å². The third kappa shape index (κ3) is 6.48. The van der Waals surface area contributed by atoms with Gasteiger partial charge in [-0.1, -0.05) is 30.3 Å². The van der Waals surface area contributed by atoms with Crippen molar-refractivity contribution in [3.63, 3.8) is 0 Å². The van der Waals surface area contributed by atoms with Crippen LogP contribution < -0.4 is 14.8 Å². The van der Waals surface area contributed by atoms with Gasteiger partial charge in [0.05, 0.1) is 12.6 Å². The van der Waals surface area contributed by atoms with Gasteiger partial charge in [0, 0.05) is 24.0 Å². The molecule has 0 aliphatic heterocycles. The summed E-state index contributed by atoms with van der Waals surface area (Å²) in [7, 11) is 0. The first-order chi connectivity index (χ1) is 14.6. The first-order valence-corrected chi connectivity index (χ1v) is 9.97. The minimum Gasteiger partial charge on any atom is -0.494 e. The zero-order chi connectivity index (χ0) is 21.2. The van der Waals surface area contributed by atoms with Crippen LogP contribution in [0.5, 0.6) is 11.5 Å². The van der Waals surface area contributed by atoms with Crippen molar-refractivity contribution in [3.05, 3.63) is 95.8 Å². The van der Waals surface area contributed by atoms with Crippen LogP contribution in [0.25, 0.3) is 6.08 Å². The minimum atomic E-state index is -0.145. The van der Waals surface area contributed by atoms with E-state index in [1.54, 1.807) is 18.5 Å². The Morgan fingerprint density at radius 3 is 2.40 bits per heavy atom. The molecule has 30 heavy (non-hydrogen) atoms. The summed E-state index contributed by atoms with van der Waals surface area (Å²) in [5.74, 6) is 1.45. The molecule has 1 unspecified atom stereocenters. The molecule has 5 nitrogen and oxygen atoms in total. The number of hydrogen-bond donors (Lipinski definition) is 1. The van der Waals surface area contributed by atoms with Gasteiger partial charge in [0.2, 0.25) is 5.91 Å². The molecule has 154 valence electrons. The lowest BCUT2D eigenvalue weighted by atomic mass is 10.1. The number of pyridine rings is 1. The zero-order valence-electron chi connectivity index (χ0n) is 17.2. The third-order valence-corrected chi connectivity index (χ3v) is 4.49. The lowest BCUT2D eigenvalue weighted by Gasteiger charge is -2.14. The number of carbonyl (C=O) groups excluding carboxylic acids is 1. The van der Waals surface area contributed by atoms with Crippen LogP contribution in [-0.4, -0.2) is 17.5 Å². The predicted octanol–water partition coefficient (Wildman–Crippen LogP) is 4.95. The van der Waals surface area contributed by atoms with E-state index in [2.05, 4.69) is 10.3 Å². The van der Waals surface area contributed by atoms with Crippen molar-refractivity contribution >= 4 is 12.0 Å². The summed E-state index contributed by atoms with van der Waals surface area (Å²) in [5.41, 5.74) is 2.96. The Labute approximate surface area is 177 Å². The zero-order valence-corrected chi connectivity index (χ0v) is 17.2. The van der Waals surface area contributed by atoms with Gasteiger partial charge in [0.15, 0.2) is 0 Å². The van der Waals surface area contributed by atoms with Gasteiger partial charge in [-0.3, -0.25) is 9.78 Å². The van der Waals surface area contributed by atoms with Crippen LogP contribution in [0.3, 0.4) is 0 Å². The van der Waals surface area contributed by atoms with Crippen LogP contribution in [0, 0.1) is 0 Å². The smallest absolute Gasteiger partial charge is 0.244 e. The van der Waals surface area contributed by atoms with Crippen molar-refractivity contribution in [1.82, 2.24) is 10.3 Å². The van der Waals surface area contributed by atoms with Gasteiger partial charge in [-0.2, -0.15) is 0 Å². The highest BCUT2D eigenvalue weighted by Crippen LogP contribution is 2.19. The fourth-order valence-electron chi connectivity index (χ4n) is 2.86. The van der Waals surface area contributed by atoms with E-state index in [0.717, 1.165) is 28.2 Å². The second kappa shape index (κ2) is 10.8. The Bertz CT molecular complexity index is 952. The van der Waals surface area contributed by atoms with Gasteiger partial charge in [-0.05, 0) is 61.4 Å². The highest BCUT2D eigenvalue weighted by atomic mass is 16.5. The number of nitrogens with zero attached hydrogens (tertiary/aromatic N) is 1. The van der Waals surface area contributed by atoms with E-state index in [1.165, 1.54) is 6.08 Å². The molecule has 0 bridgehead atoms. The summed E-state index contributed by atoms with van der Waals surface area (Å²) in [5, 5.41) is 2.98. The second-order valence-electron chi connectivity index (χ2n) is 6.78. The third-order valence-electron chi connectivity index (χ3n) is 4.49. The average molecular weight is 402 g/mol. The molecule has 1 amide bonds. The van der Waals surface area contributed by atoms with Crippen LogP contribution in [0.15, 0.2) is 79.1 Å². The highest BCUT2D eigenvalue weighted by molar-refractivity contribution is 5.92. The molecular weight excluding hydrogens is 376 g/mol. The maximum absolute atomic E-state index is 12.2. The number of hydrogen-bond acceptors (Lipinski definition) is 4. The van der Waals surface area contributed by atoms with Gasteiger partial charge in [0.25, 0.3) is 0 Å². The van der Waals surface area contributed by atoms with Crippen LogP contribution in [0.4, 0.5) is 0 Å². The normalized spacial score (nSPS) is 11.8. The SMILES string of the molecule is CCOc1ccc(/C=C/C(=O)NC(C)c2ccc(OCc3cccnc3)cc2)cc1. The van der Waals surface area contributed by atoms with Crippen molar-refractivity contribution < 1.29 is 14.3 Å². The van der Waals surface area contributed by atoms with Gasteiger partial charge < -0.3 is 14.8 Å². The summed E-state index contributed by atoms with van der Waals surface area (Å²) in [6.45, 7) is 5.00. The number of rotatable bonds is 9. The Morgan fingerprint density at radius 2 is 1.73 bits per heavy atom. The summed E-state index contributed by atoms with van der Waals surface area (Å²) in [4.78, 5) is 16.3. The topological polar surface area (TPSA) is 60.5 Å². The maximum atomic E-state index is 12.2. The van der Waals surface area contributed by atoms with E-state index in [1.807, 2.05) is 74.5 Å². The molecule has 1 atom stereocenters. The van der Waals surface area contributed by atoms with Crippen molar-refractivity contribution in [2.75, 3.05) is 6.61 Å². The molecular formula is C25H26N2O3. The Kier molecular flexibility index (Phi) is 7.61. The van der Waals surface area contributed by atoms with E-state index in [-0.39, 0.29) is 11.9 Å².